The number of aromatic nitrogens is 2. The predicted octanol–water partition coefficient (Wildman–Crippen LogP) is 4.64. The van der Waals surface area contributed by atoms with Crippen LogP contribution in [0.3, 0.4) is 0 Å². The molecule has 1 amide bonds. The Balaban J connectivity index is 1.38. The van der Waals surface area contributed by atoms with E-state index in [1.165, 1.54) is 11.3 Å². The number of hydrogen-bond donors (Lipinski definition) is 1. The van der Waals surface area contributed by atoms with E-state index >= 15 is 0 Å². The van der Waals surface area contributed by atoms with Crippen LogP contribution in [0.25, 0.3) is 15.9 Å². The molecule has 4 aromatic rings. The van der Waals surface area contributed by atoms with Crippen LogP contribution < -0.4 is 5.32 Å². The van der Waals surface area contributed by atoms with Gasteiger partial charge in [0.15, 0.2) is 0 Å². The molecule has 30 heavy (non-hydrogen) atoms. The van der Waals surface area contributed by atoms with Crippen LogP contribution in [0.4, 0.5) is 0 Å². The van der Waals surface area contributed by atoms with Gasteiger partial charge in [-0.1, -0.05) is 29.8 Å². The molecule has 8 heteroatoms. The van der Waals surface area contributed by atoms with Crippen molar-refractivity contribution in [2.45, 2.75) is 6.92 Å². The van der Waals surface area contributed by atoms with Crippen molar-refractivity contribution in [1.82, 2.24) is 15.1 Å². The number of aryl methyl sites for hydroxylation is 1. The Morgan fingerprint density at radius 3 is 2.60 bits per heavy atom. The van der Waals surface area contributed by atoms with Crippen LogP contribution in [0.5, 0.6) is 0 Å². The quantitative estimate of drug-likeness (QED) is 0.351. The van der Waals surface area contributed by atoms with Crippen molar-refractivity contribution in [3.63, 3.8) is 0 Å². The number of halogens is 1. The summed E-state index contributed by atoms with van der Waals surface area (Å²) in [5.41, 5.74) is 2.22. The molecule has 0 unspecified atom stereocenters. The Hall–Kier alpha value is -3.16. The number of amides is 1. The van der Waals surface area contributed by atoms with Crippen LogP contribution >= 0.6 is 22.9 Å². The standard InChI is InChI=1S/C22H18ClN3O3S/c1-14-18-13-19(30-21(18)26(25-14)17-5-3-2-4-6-17)20(27)24-11-12-29-22(28)15-7-9-16(23)10-8-15/h2-10,13H,11-12H2,1H3,(H,24,27). The summed E-state index contributed by atoms with van der Waals surface area (Å²) < 4.78 is 7.03. The third-order valence-electron chi connectivity index (χ3n) is 4.47. The van der Waals surface area contributed by atoms with Gasteiger partial charge in [-0.15, -0.1) is 11.3 Å². The first-order valence-electron chi connectivity index (χ1n) is 9.28. The van der Waals surface area contributed by atoms with Crippen molar-refractivity contribution in [3.8, 4) is 5.69 Å². The molecule has 2 aromatic carbocycles. The molecule has 0 saturated carbocycles. The SMILES string of the molecule is Cc1nn(-c2ccccc2)c2sc(C(=O)NCCOC(=O)c3ccc(Cl)cc3)cc12. The fourth-order valence-corrected chi connectivity index (χ4v) is 4.19. The van der Waals surface area contributed by atoms with Crippen molar-refractivity contribution in [2.24, 2.45) is 0 Å². The minimum Gasteiger partial charge on any atom is -0.460 e. The maximum absolute atomic E-state index is 12.5. The van der Waals surface area contributed by atoms with Gasteiger partial charge in [0.05, 0.1) is 28.4 Å². The van der Waals surface area contributed by atoms with E-state index in [4.69, 9.17) is 16.3 Å². The molecule has 1 N–H and O–H groups in total. The van der Waals surface area contributed by atoms with Crippen LogP contribution in [0, 0.1) is 6.92 Å². The van der Waals surface area contributed by atoms with E-state index < -0.39 is 5.97 Å². The predicted molar refractivity (Wildman–Crippen MR) is 118 cm³/mol. The molecule has 0 bridgehead atoms. The van der Waals surface area contributed by atoms with Crippen LogP contribution in [0.2, 0.25) is 5.02 Å². The van der Waals surface area contributed by atoms with E-state index in [-0.39, 0.29) is 19.1 Å². The van der Waals surface area contributed by atoms with Gasteiger partial charge < -0.3 is 10.1 Å². The van der Waals surface area contributed by atoms with Crippen LogP contribution in [-0.4, -0.2) is 34.8 Å². The summed E-state index contributed by atoms with van der Waals surface area (Å²) in [7, 11) is 0. The number of nitrogens with zero attached hydrogens (tertiary/aromatic N) is 2. The molecule has 0 saturated heterocycles. The summed E-state index contributed by atoms with van der Waals surface area (Å²) in [6.07, 6.45) is 0. The van der Waals surface area contributed by atoms with Crippen molar-refractivity contribution in [3.05, 3.63) is 81.8 Å². The molecule has 6 nitrogen and oxygen atoms in total. The molecular formula is C22H18ClN3O3S. The highest BCUT2D eigenvalue weighted by Gasteiger charge is 2.17. The molecule has 0 radical (unpaired) electrons. The molecule has 0 spiro atoms. The van der Waals surface area contributed by atoms with Gasteiger partial charge >= 0.3 is 5.97 Å². The number of carbonyl (C=O) groups is 2. The maximum atomic E-state index is 12.5. The largest absolute Gasteiger partial charge is 0.460 e. The number of fused-ring (bicyclic) bond motifs is 1. The minimum atomic E-state index is -0.457. The Morgan fingerprint density at radius 1 is 1.13 bits per heavy atom. The lowest BCUT2D eigenvalue weighted by atomic mass is 10.2. The number of thiophene rings is 1. The molecule has 0 aliphatic carbocycles. The number of benzene rings is 2. The molecule has 0 aliphatic rings. The minimum absolute atomic E-state index is 0.0783. The summed E-state index contributed by atoms with van der Waals surface area (Å²) in [5, 5.41) is 8.86. The summed E-state index contributed by atoms with van der Waals surface area (Å²) in [6.45, 7) is 2.22. The van der Waals surface area contributed by atoms with Gasteiger partial charge in [-0.05, 0) is 49.4 Å². The fourth-order valence-electron chi connectivity index (χ4n) is 2.97. The number of esters is 1. The number of ether oxygens (including phenoxy) is 1. The van der Waals surface area contributed by atoms with E-state index in [2.05, 4.69) is 10.4 Å². The smallest absolute Gasteiger partial charge is 0.338 e. The van der Waals surface area contributed by atoms with Crippen molar-refractivity contribution < 1.29 is 14.3 Å². The summed E-state index contributed by atoms with van der Waals surface area (Å²) in [5.74, 6) is -0.667. The average Bonchev–Trinajstić information content (AvgIpc) is 3.33. The number of para-hydroxylation sites is 1. The fraction of sp³-hybridized carbons (Fsp3) is 0.136. The van der Waals surface area contributed by atoms with Gasteiger partial charge in [-0.25, -0.2) is 9.48 Å². The first kappa shape index (κ1) is 20.1. The normalized spacial score (nSPS) is 10.9. The van der Waals surface area contributed by atoms with Gasteiger partial charge in [0.1, 0.15) is 11.4 Å². The summed E-state index contributed by atoms with van der Waals surface area (Å²) in [4.78, 5) is 26.0. The van der Waals surface area contributed by atoms with E-state index in [0.717, 1.165) is 21.6 Å². The Labute approximate surface area is 182 Å². The monoisotopic (exact) mass is 439 g/mol. The average molecular weight is 440 g/mol. The summed E-state index contributed by atoms with van der Waals surface area (Å²) >= 11 is 7.19. The molecule has 4 rings (SSSR count). The third kappa shape index (κ3) is 4.22. The second-order valence-corrected chi connectivity index (χ2v) is 8.03. The molecule has 2 aromatic heterocycles. The third-order valence-corrected chi connectivity index (χ3v) is 5.83. The van der Waals surface area contributed by atoms with Crippen molar-refractivity contribution in [1.29, 1.82) is 0 Å². The van der Waals surface area contributed by atoms with Crippen molar-refractivity contribution in [2.75, 3.05) is 13.2 Å². The lowest BCUT2D eigenvalue weighted by molar-refractivity contribution is 0.0503. The zero-order valence-corrected chi connectivity index (χ0v) is 17.7. The highest BCUT2D eigenvalue weighted by molar-refractivity contribution is 7.20. The van der Waals surface area contributed by atoms with Crippen molar-refractivity contribution >= 4 is 45.0 Å². The van der Waals surface area contributed by atoms with Gasteiger partial charge in [0.25, 0.3) is 5.91 Å². The highest BCUT2D eigenvalue weighted by Crippen LogP contribution is 2.30. The first-order valence-corrected chi connectivity index (χ1v) is 10.5. The highest BCUT2D eigenvalue weighted by atomic mass is 35.5. The van der Waals surface area contributed by atoms with Gasteiger partial charge in [-0.2, -0.15) is 5.10 Å². The lowest BCUT2D eigenvalue weighted by Crippen LogP contribution is -2.27. The lowest BCUT2D eigenvalue weighted by Gasteiger charge is -2.06. The van der Waals surface area contributed by atoms with Crippen LogP contribution in [0.15, 0.2) is 60.7 Å². The number of carbonyl (C=O) groups excluding carboxylic acids is 2. The van der Waals surface area contributed by atoms with Crippen LogP contribution in [0.1, 0.15) is 25.7 Å². The Bertz CT molecular complexity index is 1200. The van der Waals surface area contributed by atoms with E-state index in [0.29, 0.717) is 15.5 Å². The maximum Gasteiger partial charge on any atom is 0.338 e. The number of rotatable bonds is 6. The van der Waals surface area contributed by atoms with E-state index in [1.807, 2.05) is 48.0 Å². The Morgan fingerprint density at radius 2 is 1.87 bits per heavy atom. The molecular weight excluding hydrogens is 422 g/mol. The van der Waals surface area contributed by atoms with Gasteiger partial charge in [-0.3, -0.25) is 4.79 Å². The molecule has 2 heterocycles. The van der Waals surface area contributed by atoms with Gasteiger partial charge in [0, 0.05) is 10.4 Å². The molecule has 0 fully saturated rings. The topological polar surface area (TPSA) is 73.2 Å². The second kappa shape index (κ2) is 8.69. The van der Waals surface area contributed by atoms with E-state index in [1.54, 1.807) is 24.3 Å². The zero-order valence-electron chi connectivity index (χ0n) is 16.1. The summed E-state index contributed by atoms with van der Waals surface area (Å²) in [6, 6.07) is 18.1. The Kier molecular flexibility index (Phi) is 5.83. The molecule has 0 atom stereocenters. The van der Waals surface area contributed by atoms with Gasteiger partial charge in [0.2, 0.25) is 0 Å². The zero-order chi connectivity index (χ0) is 21.1. The number of hydrogen-bond acceptors (Lipinski definition) is 5. The van der Waals surface area contributed by atoms with E-state index in [9.17, 15) is 9.59 Å². The molecule has 0 aliphatic heterocycles. The first-order chi connectivity index (χ1) is 14.5. The molecule has 152 valence electrons. The number of nitrogens with one attached hydrogen (secondary N) is 1. The second-order valence-electron chi connectivity index (χ2n) is 6.56. The van der Waals surface area contributed by atoms with Crippen LogP contribution in [-0.2, 0) is 4.74 Å².